The molecule has 3 rings (SSSR count). The van der Waals surface area contributed by atoms with Gasteiger partial charge in [-0.15, -0.1) is 0 Å². The molecule has 11 nitrogen and oxygen atoms in total. The molecule has 0 saturated carbocycles. The van der Waals surface area contributed by atoms with E-state index in [9.17, 15) is 31.2 Å². The van der Waals surface area contributed by atoms with Gasteiger partial charge in [0.1, 0.15) is 17.6 Å². The van der Waals surface area contributed by atoms with Gasteiger partial charge in [-0.1, -0.05) is 0 Å². The van der Waals surface area contributed by atoms with Crippen molar-refractivity contribution in [2.75, 3.05) is 32.8 Å². The fourth-order valence-electron chi connectivity index (χ4n) is 3.53. The number of benzene rings is 2. The molecule has 0 radical (unpaired) electrons. The van der Waals surface area contributed by atoms with Gasteiger partial charge in [-0.25, -0.2) is 31.9 Å². The zero-order valence-electron chi connectivity index (χ0n) is 20.1. The highest BCUT2D eigenvalue weighted by atomic mass is 32.2. The van der Waals surface area contributed by atoms with Crippen LogP contribution in [0.3, 0.4) is 0 Å². The first-order chi connectivity index (χ1) is 18.1. The lowest BCUT2D eigenvalue weighted by Crippen LogP contribution is -2.46. The van der Waals surface area contributed by atoms with E-state index >= 15 is 0 Å². The van der Waals surface area contributed by atoms with Gasteiger partial charge in [0.05, 0.1) is 18.1 Å². The number of nitrogens with one attached hydrogen (secondary N) is 3. The average molecular weight is 561 g/mol. The smallest absolute Gasteiger partial charge is 0.317 e. The van der Waals surface area contributed by atoms with E-state index in [1.54, 1.807) is 4.90 Å². The quantitative estimate of drug-likeness (QED) is 0.187. The third kappa shape index (κ3) is 8.05. The first kappa shape index (κ1) is 29.2. The van der Waals surface area contributed by atoms with Crippen molar-refractivity contribution in [3.63, 3.8) is 0 Å². The van der Waals surface area contributed by atoms with Crippen molar-refractivity contribution in [1.29, 1.82) is 0 Å². The number of ether oxygens (including phenoxy) is 2. The average Bonchev–Trinajstić information content (AvgIpc) is 2.90. The molecule has 2 aromatic rings. The van der Waals surface area contributed by atoms with E-state index in [1.807, 2.05) is 4.72 Å². The summed E-state index contributed by atoms with van der Waals surface area (Å²) in [5, 5.41) is 11.7. The van der Waals surface area contributed by atoms with E-state index in [0.717, 1.165) is 24.3 Å². The molecule has 2 aromatic carbocycles. The van der Waals surface area contributed by atoms with Crippen molar-refractivity contribution in [3.8, 4) is 11.5 Å². The molecule has 4 N–H and O–H groups in total. The number of urea groups is 1. The van der Waals surface area contributed by atoms with Crippen molar-refractivity contribution >= 4 is 22.0 Å². The van der Waals surface area contributed by atoms with Crippen LogP contribution < -0.4 is 20.3 Å². The summed E-state index contributed by atoms with van der Waals surface area (Å²) in [6, 6.07) is 3.55. The van der Waals surface area contributed by atoms with E-state index in [2.05, 4.69) is 5.32 Å². The van der Waals surface area contributed by atoms with Crippen molar-refractivity contribution < 1.29 is 45.9 Å². The first-order valence-corrected chi connectivity index (χ1v) is 13.1. The van der Waals surface area contributed by atoms with Crippen molar-refractivity contribution in [3.05, 3.63) is 53.8 Å². The van der Waals surface area contributed by atoms with Crippen LogP contribution in [0.1, 0.15) is 19.3 Å². The Morgan fingerprint density at radius 1 is 1.05 bits per heavy atom. The minimum absolute atomic E-state index is 0.0845. The number of unbranched alkanes of at least 4 members (excludes halogenated alkanes) is 1. The second-order valence-electron chi connectivity index (χ2n) is 8.25. The molecule has 1 fully saturated rings. The molecule has 0 aromatic heterocycles. The Bertz CT molecular complexity index is 1200. The summed E-state index contributed by atoms with van der Waals surface area (Å²) in [4.78, 5) is 24.9. The number of rotatable bonds is 11. The molecular formula is C23H27F3N4O7S. The number of amides is 3. The first-order valence-electron chi connectivity index (χ1n) is 11.6. The van der Waals surface area contributed by atoms with Gasteiger partial charge in [-0.05, 0) is 55.7 Å². The van der Waals surface area contributed by atoms with Gasteiger partial charge in [-0.3, -0.25) is 10.0 Å². The predicted molar refractivity (Wildman–Crippen MR) is 127 cm³/mol. The van der Waals surface area contributed by atoms with Gasteiger partial charge in [0.15, 0.2) is 17.4 Å². The number of halogens is 3. The van der Waals surface area contributed by atoms with Crippen LogP contribution in [-0.4, -0.2) is 69.4 Å². The Morgan fingerprint density at radius 2 is 1.68 bits per heavy atom. The van der Waals surface area contributed by atoms with Crippen LogP contribution in [0.2, 0.25) is 0 Å². The molecule has 1 aliphatic heterocycles. The Balaban J connectivity index is 1.60. The number of nitrogens with zero attached hydrogens (tertiary/aromatic N) is 1. The predicted octanol–water partition coefficient (Wildman–Crippen LogP) is 2.26. The van der Waals surface area contributed by atoms with E-state index in [0.29, 0.717) is 44.9 Å². The molecular weight excluding hydrogens is 533 g/mol. The normalized spacial score (nSPS) is 14.6. The van der Waals surface area contributed by atoms with Gasteiger partial charge in [0.25, 0.3) is 5.91 Å². The van der Waals surface area contributed by atoms with Gasteiger partial charge in [0.2, 0.25) is 10.0 Å². The molecule has 15 heteroatoms. The minimum atomic E-state index is -4.62. The molecule has 3 amide bonds. The largest absolute Gasteiger partial charge is 0.451 e. The molecule has 1 heterocycles. The number of sulfonamides is 1. The molecule has 38 heavy (non-hydrogen) atoms. The van der Waals surface area contributed by atoms with Crippen LogP contribution >= 0.6 is 0 Å². The van der Waals surface area contributed by atoms with Crippen molar-refractivity contribution in [1.82, 2.24) is 20.4 Å². The van der Waals surface area contributed by atoms with E-state index in [1.165, 1.54) is 5.48 Å². The summed E-state index contributed by atoms with van der Waals surface area (Å²) in [6.45, 7) is 2.08. The van der Waals surface area contributed by atoms with E-state index < -0.39 is 50.1 Å². The molecule has 1 atom stereocenters. The third-order valence-corrected chi connectivity index (χ3v) is 6.98. The van der Waals surface area contributed by atoms with Crippen LogP contribution in [0.5, 0.6) is 11.5 Å². The summed E-state index contributed by atoms with van der Waals surface area (Å²) >= 11 is 0. The lowest BCUT2D eigenvalue weighted by molar-refractivity contribution is -0.131. The molecule has 1 aliphatic rings. The Labute approximate surface area is 216 Å². The Morgan fingerprint density at radius 3 is 2.29 bits per heavy atom. The van der Waals surface area contributed by atoms with Crippen LogP contribution in [0.25, 0.3) is 0 Å². The summed E-state index contributed by atoms with van der Waals surface area (Å²) in [7, 11) is -4.62. The maximum Gasteiger partial charge on any atom is 0.317 e. The number of hydroxylamine groups is 1. The molecule has 0 unspecified atom stereocenters. The summed E-state index contributed by atoms with van der Waals surface area (Å²) in [6.07, 6.45) is 0.554. The number of hydrogen-bond acceptors (Lipinski definition) is 7. The lowest BCUT2D eigenvalue weighted by Gasteiger charge is -2.27. The highest BCUT2D eigenvalue weighted by molar-refractivity contribution is 7.89. The Hall–Kier alpha value is -3.40. The van der Waals surface area contributed by atoms with Crippen molar-refractivity contribution in [2.45, 2.75) is 30.2 Å². The fourth-order valence-corrected chi connectivity index (χ4v) is 4.79. The monoisotopic (exact) mass is 560 g/mol. The SMILES string of the molecule is O=C(NO)[C@@H](CCCCNC(=O)N1CCOCC1)NS(=O)(=O)c1cc(F)c(Oc2ccc(F)cc2)c(F)c1. The van der Waals surface area contributed by atoms with Gasteiger partial charge in [0, 0.05) is 19.6 Å². The fraction of sp³-hybridized carbons (Fsp3) is 0.391. The van der Waals surface area contributed by atoms with Crippen LogP contribution in [0.15, 0.2) is 41.3 Å². The van der Waals surface area contributed by atoms with Crippen molar-refractivity contribution in [2.24, 2.45) is 0 Å². The zero-order valence-corrected chi connectivity index (χ0v) is 20.9. The third-order valence-electron chi connectivity index (χ3n) is 5.53. The maximum atomic E-state index is 14.6. The standard InChI is InChI=1S/C23H27F3N4O7S/c24-15-4-6-16(7-5-15)37-21-18(25)13-17(14-19(21)26)38(34,35)29-20(22(31)28-33)3-1-2-8-27-23(32)30-9-11-36-12-10-30/h4-7,13-14,20,29,33H,1-3,8-12H2,(H,27,32)(H,28,31)/t20-/m1/s1. The highest BCUT2D eigenvalue weighted by Gasteiger charge is 2.28. The summed E-state index contributed by atoms with van der Waals surface area (Å²) in [5.74, 6) is -5.37. The molecule has 0 spiro atoms. The number of hydrogen-bond donors (Lipinski definition) is 4. The van der Waals surface area contributed by atoms with Crippen LogP contribution in [0.4, 0.5) is 18.0 Å². The highest BCUT2D eigenvalue weighted by Crippen LogP contribution is 2.30. The Kier molecular flexibility index (Phi) is 10.3. The summed E-state index contributed by atoms with van der Waals surface area (Å²) < 4.78 is 79.9. The second kappa shape index (κ2) is 13.4. The van der Waals surface area contributed by atoms with Gasteiger partial charge in [-0.2, -0.15) is 4.72 Å². The molecule has 0 bridgehead atoms. The van der Waals surface area contributed by atoms with E-state index in [-0.39, 0.29) is 31.2 Å². The number of carbonyl (C=O) groups excluding carboxylic acids is 2. The number of carbonyl (C=O) groups is 2. The van der Waals surface area contributed by atoms with Crippen LogP contribution in [0, 0.1) is 17.5 Å². The second-order valence-corrected chi connectivity index (χ2v) is 9.96. The van der Waals surface area contributed by atoms with Gasteiger partial charge >= 0.3 is 6.03 Å². The zero-order chi connectivity index (χ0) is 27.7. The van der Waals surface area contributed by atoms with E-state index in [4.69, 9.17) is 14.7 Å². The molecule has 208 valence electrons. The maximum absolute atomic E-state index is 14.6. The molecule has 1 saturated heterocycles. The topological polar surface area (TPSA) is 146 Å². The van der Waals surface area contributed by atoms with Crippen LogP contribution in [-0.2, 0) is 19.6 Å². The lowest BCUT2D eigenvalue weighted by atomic mass is 10.1. The minimum Gasteiger partial charge on any atom is -0.451 e. The van der Waals surface area contributed by atoms with Gasteiger partial charge < -0.3 is 19.7 Å². The summed E-state index contributed by atoms with van der Waals surface area (Å²) in [5.41, 5.74) is 1.36. The molecule has 0 aliphatic carbocycles. The number of morpholine rings is 1.